The summed E-state index contributed by atoms with van der Waals surface area (Å²) in [6, 6.07) is 5.17. The molecule has 11 nitrogen and oxygen atoms in total. The molecule has 3 heterocycles. The van der Waals surface area contributed by atoms with Gasteiger partial charge in [0.25, 0.3) is 0 Å². The number of likely N-dealkylation sites (tertiary alicyclic amines) is 1. The zero-order chi connectivity index (χ0) is 28.9. The van der Waals surface area contributed by atoms with E-state index >= 15 is 0 Å². The largest absolute Gasteiger partial charge is 0.444 e. The van der Waals surface area contributed by atoms with Gasteiger partial charge in [0, 0.05) is 40.0 Å². The summed E-state index contributed by atoms with van der Waals surface area (Å²) in [4.78, 5) is 39.5. The first kappa shape index (κ1) is 30.1. The maximum atomic E-state index is 13.1. The van der Waals surface area contributed by atoms with Crippen molar-refractivity contribution < 1.29 is 28.9 Å². The molecule has 1 aromatic carbocycles. The van der Waals surface area contributed by atoms with Crippen LogP contribution in [0.25, 0.3) is 11.0 Å². The quantitative estimate of drug-likeness (QED) is 0.428. The molecule has 2 aliphatic heterocycles. The van der Waals surface area contributed by atoms with E-state index in [2.05, 4.69) is 5.32 Å². The Labute approximate surface area is 235 Å². The third-order valence-electron chi connectivity index (χ3n) is 7.44. The van der Waals surface area contributed by atoms with E-state index in [1.54, 1.807) is 21.1 Å². The molecule has 2 aliphatic rings. The molecule has 0 aliphatic carbocycles. The number of benzene rings is 1. The Morgan fingerprint density at radius 1 is 1.05 bits per heavy atom. The fourth-order valence-corrected chi connectivity index (χ4v) is 5.46. The van der Waals surface area contributed by atoms with Gasteiger partial charge in [-0.25, -0.2) is 9.59 Å². The van der Waals surface area contributed by atoms with Crippen molar-refractivity contribution in [1.82, 2.24) is 19.4 Å². The molecule has 0 saturated carbocycles. The third-order valence-corrected chi connectivity index (χ3v) is 7.44. The van der Waals surface area contributed by atoms with E-state index in [1.807, 2.05) is 39.0 Å². The predicted molar refractivity (Wildman–Crippen MR) is 150 cm³/mol. The van der Waals surface area contributed by atoms with Crippen LogP contribution in [0, 0.1) is 0 Å². The standard InChI is InChI=1S/C29H44N4O7/c1-29(2,3)40-28(37)32-15-13-21(14-16-32)39-19-7-18-38-17-6-9-20-8-5-10-22-25(20)31(4)27(36)33(22)23-11-12-24(34)30-26(23)35/h5,8,10,21,23-24,34H,6-7,9,11-19H2,1-4H3,(H,30,35). The van der Waals surface area contributed by atoms with Gasteiger partial charge in [-0.15, -0.1) is 0 Å². The first-order valence-electron chi connectivity index (χ1n) is 14.4. The highest BCUT2D eigenvalue weighted by Gasteiger charge is 2.31. The highest BCUT2D eigenvalue weighted by Crippen LogP contribution is 2.26. The van der Waals surface area contributed by atoms with Gasteiger partial charge in [-0.3, -0.25) is 13.9 Å². The summed E-state index contributed by atoms with van der Waals surface area (Å²) < 4.78 is 20.4. The van der Waals surface area contributed by atoms with E-state index in [0.29, 0.717) is 45.8 Å². The number of aliphatic hydroxyl groups is 1. The zero-order valence-electron chi connectivity index (χ0n) is 24.2. The monoisotopic (exact) mass is 560 g/mol. The Kier molecular flexibility index (Phi) is 9.91. The van der Waals surface area contributed by atoms with Crippen LogP contribution in [-0.2, 0) is 32.5 Å². The molecular formula is C29H44N4O7. The van der Waals surface area contributed by atoms with Crippen molar-refractivity contribution in [2.24, 2.45) is 7.05 Å². The average Bonchev–Trinajstić information content (AvgIpc) is 3.15. The number of amides is 2. The lowest BCUT2D eigenvalue weighted by atomic mass is 10.0. The molecule has 222 valence electrons. The number of aromatic nitrogens is 2. The van der Waals surface area contributed by atoms with Crippen LogP contribution >= 0.6 is 0 Å². The normalized spacial score (nSPS) is 20.6. The minimum atomic E-state index is -0.861. The van der Waals surface area contributed by atoms with Gasteiger partial charge in [0.05, 0.1) is 17.1 Å². The number of ether oxygens (including phenoxy) is 3. The smallest absolute Gasteiger partial charge is 0.410 e. The van der Waals surface area contributed by atoms with E-state index < -0.39 is 17.9 Å². The number of nitrogens with zero attached hydrogens (tertiary/aromatic N) is 3. The van der Waals surface area contributed by atoms with Crippen LogP contribution in [0.2, 0.25) is 0 Å². The number of carbonyl (C=O) groups is 2. The number of hydrogen-bond donors (Lipinski definition) is 2. The zero-order valence-corrected chi connectivity index (χ0v) is 24.2. The molecule has 2 unspecified atom stereocenters. The number of aryl methyl sites for hydroxylation is 2. The Morgan fingerprint density at radius 2 is 1.77 bits per heavy atom. The van der Waals surface area contributed by atoms with Gasteiger partial charge in [0.2, 0.25) is 5.91 Å². The Hall–Kier alpha value is -2.89. The van der Waals surface area contributed by atoms with Crippen LogP contribution in [0.4, 0.5) is 4.79 Å². The first-order valence-corrected chi connectivity index (χ1v) is 14.4. The summed E-state index contributed by atoms with van der Waals surface area (Å²) >= 11 is 0. The van der Waals surface area contributed by atoms with Crippen LogP contribution in [0.1, 0.15) is 70.9 Å². The molecule has 2 N–H and O–H groups in total. The Bertz CT molecular complexity index is 1220. The van der Waals surface area contributed by atoms with Crippen molar-refractivity contribution >= 4 is 23.0 Å². The van der Waals surface area contributed by atoms with Gasteiger partial charge in [-0.1, -0.05) is 12.1 Å². The van der Waals surface area contributed by atoms with E-state index in [1.165, 1.54) is 0 Å². The molecule has 0 radical (unpaired) electrons. The van der Waals surface area contributed by atoms with Crippen LogP contribution in [-0.4, -0.2) is 82.0 Å². The van der Waals surface area contributed by atoms with Crippen LogP contribution in [0.5, 0.6) is 0 Å². The van der Waals surface area contributed by atoms with Crippen molar-refractivity contribution in [1.29, 1.82) is 0 Å². The summed E-state index contributed by atoms with van der Waals surface area (Å²) in [7, 11) is 1.73. The molecule has 2 atom stereocenters. The lowest BCUT2D eigenvalue weighted by Crippen LogP contribution is -2.46. The van der Waals surface area contributed by atoms with Gasteiger partial charge >= 0.3 is 11.8 Å². The third kappa shape index (κ3) is 7.44. The summed E-state index contributed by atoms with van der Waals surface area (Å²) in [5.41, 5.74) is 1.89. The molecule has 1 aromatic heterocycles. The highest BCUT2D eigenvalue weighted by molar-refractivity contribution is 5.86. The molecule has 0 spiro atoms. The molecule has 2 aromatic rings. The van der Waals surface area contributed by atoms with Crippen molar-refractivity contribution in [2.45, 2.75) is 89.7 Å². The Balaban J connectivity index is 1.17. The molecule has 0 bridgehead atoms. The number of hydrogen-bond acceptors (Lipinski definition) is 7. The number of carbonyl (C=O) groups excluding carboxylic acids is 2. The van der Waals surface area contributed by atoms with E-state index in [9.17, 15) is 19.5 Å². The number of nitrogens with one attached hydrogen (secondary N) is 1. The molecule has 2 fully saturated rings. The number of rotatable bonds is 10. The van der Waals surface area contributed by atoms with Crippen molar-refractivity contribution in [3.8, 4) is 0 Å². The topological polar surface area (TPSA) is 124 Å². The number of para-hydroxylation sites is 1. The molecule has 2 saturated heterocycles. The highest BCUT2D eigenvalue weighted by atomic mass is 16.6. The fourth-order valence-electron chi connectivity index (χ4n) is 5.46. The predicted octanol–water partition coefficient (Wildman–Crippen LogP) is 2.86. The molecule has 2 amide bonds. The van der Waals surface area contributed by atoms with Gasteiger partial charge < -0.3 is 29.5 Å². The van der Waals surface area contributed by atoms with Gasteiger partial charge in [0.1, 0.15) is 17.9 Å². The summed E-state index contributed by atoms with van der Waals surface area (Å²) in [6.07, 6.45) is 3.84. The van der Waals surface area contributed by atoms with Crippen molar-refractivity contribution in [3.05, 3.63) is 34.2 Å². The minimum Gasteiger partial charge on any atom is -0.444 e. The van der Waals surface area contributed by atoms with Crippen LogP contribution < -0.4 is 11.0 Å². The van der Waals surface area contributed by atoms with E-state index in [0.717, 1.165) is 48.7 Å². The average molecular weight is 561 g/mol. The first-order chi connectivity index (χ1) is 19.0. The SMILES string of the molecule is Cn1c(=O)n(C2CCC(O)NC2=O)c2cccc(CCCOCCCOC3CCN(C(=O)OC(C)(C)C)CC3)c21. The van der Waals surface area contributed by atoms with E-state index in [-0.39, 0.29) is 23.8 Å². The number of imidazole rings is 1. The maximum Gasteiger partial charge on any atom is 0.410 e. The van der Waals surface area contributed by atoms with Gasteiger partial charge in [-0.05, 0) is 77.3 Å². The second-order valence-electron chi connectivity index (χ2n) is 11.7. The molecular weight excluding hydrogens is 516 g/mol. The van der Waals surface area contributed by atoms with Crippen LogP contribution in [0.15, 0.2) is 23.0 Å². The summed E-state index contributed by atoms with van der Waals surface area (Å²) in [5.74, 6) is -0.331. The number of piperidine rings is 2. The lowest BCUT2D eigenvalue weighted by Gasteiger charge is -2.33. The summed E-state index contributed by atoms with van der Waals surface area (Å²) in [5, 5.41) is 12.3. The summed E-state index contributed by atoms with van der Waals surface area (Å²) in [6.45, 7) is 8.75. The van der Waals surface area contributed by atoms with E-state index in [4.69, 9.17) is 14.2 Å². The fraction of sp³-hybridized carbons (Fsp3) is 0.690. The molecule has 4 rings (SSSR count). The minimum absolute atomic E-state index is 0.155. The van der Waals surface area contributed by atoms with Gasteiger partial charge in [-0.2, -0.15) is 0 Å². The second kappa shape index (κ2) is 13.2. The second-order valence-corrected chi connectivity index (χ2v) is 11.7. The number of fused-ring (bicyclic) bond motifs is 1. The molecule has 11 heteroatoms. The lowest BCUT2D eigenvalue weighted by molar-refractivity contribution is -0.130. The molecule has 40 heavy (non-hydrogen) atoms. The van der Waals surface area contributed by atoms with Crippen molar-refractivity contribution in [3.63, 3.8) is 0 Å². The number of aliphatic hydroxyl groups excluding tert-OH is 1. The van der Waals surface area contributed by atoms with Crippen LogP contribution in [0.3, 0.4) is 0 Å². The Morgan fingerprint density at radius 3 is 2.48 bits per heavy atom. The maximum absolute atomic E-state index is 13.1. The van der Waals surface area contributed by atoms with Gasteiger partial charge in [0.15, 0.2) is 0 Å². The van der Waals surface area contributed by atoms with Crippen molar-refractivity contribution in [2.75, 3.05) is 32.9 Å².